The lowest BCUT2D eigenvalue weighted by Crippen LogP contribution is -2.28. The molecule has 3 N–H and O–H groups in total. The van der Waals surface area contributed by atoms with E-state index in [1.165, 1.54) is 71.9 Å². The molecule has 3 heteroatoms. The van der Waals surface area contributed by atoms with Crippen molar-refractivity contribution in [2.75, 3.05) is 13.1 Å². The Kier molecular flexibility index (Phi) is 12.3. The van der Waals surface area contributed by atoms with Gasteiger partial charge >= 0.3 is 0 Å². The van der Waals surface area contributed by atoms with Gasteiger partial charge in [0.15, 0.2) is 0 Å². The van der Waals surface area contributed by atoms with Crippen LogP contribution in [-0.4, -0.2) is 19.0 Å². The van der Waals surface area contributed by atoms with E-state index in [4.69, 9.17) is 5.73 Å². The number of nitrogens with one attached hydrogen (secondary N) is 1. The second-order valence-corrected chi connectivity index (χ2v) is 15.7. The minimum absolute atomic E-state index is 0.0612. The third-order valence-electron chi connectivity index (χ3n) is 10.6. The molecule has 1 aliphatic carbocycles. The average Bonchev–Trinajstić information content (AvgIpc) is 3.28. The Balaban J connectivity index is 1.69. The smallest absolute Gasteiger partial charge is 0.220 e. The molecule has 46 heavy (non-hydrogen) atoms. The van der Waals surface area contributed by atoms with Gasteiger partial charge in [-0.05, 0) is 87.9 Å². The van der Waals surface area contributed by atoms with Crippen molar-refractivity contribution in [2.45, 2.75) is 130 Å². The van der Waals surface area contributed by atoms with E-state index in [1.807, 2.05) is 0 Å². The van der Waals surface area contributed by atoms with Crippen LogP contribution in [0, 0.1) is 11.8 Å². The van der Waals surface area contributed by atoms with E-state index in [0.29, 0.717) is 25.4 Å². The zero-order valence-corrected chi connectivity index (χ0v) is 30.3. The van der Waals surface area contributed by atoms with Crippen LogP contribution in [0.3, 0.4) is 0 Å². The quantitative estimate of drug-likeness (QED) is 0.157. The molecule has 0 bridgehead atoms. The van der Waals surface area contributed by atoms with Crippen LogP contribution in [0.15, 0.2) is 60.7 Å². The average molecular weight is 623 g/mol. The fourth-order valence-corrected chi connectivity index (χ4v) is 7.56. The maximum atomic E-state index is 12.0. The maximum Gasteiger partial charge on any atom is 0.220 e. The Morgan fingerprint density at radius 2 is 1.33 bits per heavy atom. The van der Waals surface area contributed by atoms with Crippen LogP contribution in [0.4, 0.5) is 0 Å². The molecule has 0 unspecified atom stereocenters. The summed E-state index contributed by atoms with van der Waals surface area (Å²) in [4.78, 5) is 12.0. The number of amides is 1. The van der Waals surface area contributed by atoms with E-state index in [9.17, 15) is 4.79 Å². The highest BCUT2D eigenvalue weighted by Gasteiger charge is 2.43. The highest BCUT2D eigenvalue weighted by Crippen LogP contribution is 2.55. The lowest BCUT2D eigenvalue weighted by atomic mass is 9.68. The number of aryl methyl sites for hydroxylation is 1. The van der Waals surface area contributed by atoms with E-state index in [-0.39, 0.29) is 16.7 Å². The van der Waals surface area contributed by atoms with Crippen LogP contribution >= 0.6 is 0 Å². The van der Waals surface area contributed by atoms with Crippen molar-refractivity contribution in [3.05, 3.63) is 94.0 Å². The first kappa shape index (κ1) is 35.9. The molecule has 0 radical (unpaired) electrons. The van der Waals surface area contributed by atoms with Crippen LogP contribution in [-0.2, 0) is 22.0 Å². The van der Waals surface area contributed by atoms with Crippen LogP contribution in [0.5, 0.6) is 0 Å². The molecule has 0 heterocycles. The lowest BCUT2D eigenvalue weighted by molar-refractivity contribution is -0.121. The molecule has 3 aromatic rings. The first-order valence-electron chi connectivity index (χ1n) is 18.2. The highest BCUT2D eigenvalue weighted by atomic mass is 16.1. The molecule has 0 aromatic heterocycles. The maximum absolute atomic E-state index is 12.0. The summed E-state index contributed by atoms with van der Waals surface area (Å²) in [6, 6.07) is 23.9. The SMILES string of the molecule is CC(C)CCCC1(CCCC(C)C)c2cc(C(C)C)ccc2-c2ccc(C(C)(C)c3ccc(CCCC(=O)NCCN)cc3)cc21. The van der Waals surface area contributed by atoms with Gasteiger partial charge in [0, 0.05) is 30.3 Å². The molecular weight excluding hydrogens is 560 g/mol. The van der Waals surface area contributed by atoms with Gasteiger partial charge < -0.3 is 11.1 Å². The standard InChI is InChI=1S/C43H62N2O/c1-30(2)12-10-24-43(25-11-13-31(3)4)39-28-34(32(5)6)18-22-37(39)38-23-21-36(29-40(38)43)42(7,8)35-19-16-33(17-20-35)14-9-15-41(46)45-27-26-44/h16-23,28-32H,9-15,24-27,44H2,1-8H3,(H,45,46). The topological polar surface area (TPSA) is 55.1 Å². The van der Waals surface area contributed by atoms with Crippen molar-refractivity contribution >= 4 is 5.91 Å². The van der Waals surface area contributed by atoms with Gasteiger partial charge in [0.1, 0.15) is 0 Å². The predicted octanol–water partition coefficient (Wildman–Crippen LogP) is 10.5. The summed E-state index contributed by atoms with van der Waals surface area (Å²) < 4.78 is 0. The number of hydrogen-bond donors (Lipinski definition) is 2. The second kappa shape index (κ2) is 15.8. The first-order chi connectivity index (χ1) is 21.9. The molecule has 0 atom stereocenters. The van der Waals surface area contributed by atoms with E-state index in [0.717, 1.165) is 24.7 Å². The summed E-state index contributed by atoms with van der Waals surface area (Å²) in [5, 5.41) is 2.87. The van der Waals surface area contributed by atoms with Gasteiger partial charge in [-0.1, -0.05) is 142 Å². The number of rotatable bonds is 17. The van der Waals surface area contributed by atoms with E-state index < -0.39 is 0 Å². The van der Waals surface area contributed by atoms with Crippen LogP contribution in [0.2, 0.25) is 0 Å². The van der Waals surface area contributed by atoms with E-state index >= 15 is 0 Å². The molecule has 3 aromatic carbocycles. The van der Waals surface area contributed by atoms with Gasteiger partial charge in [0.2, 0.25) is 5.91 Å². The molecule has 4 rings (SSSR count). The minimum Gasteiger partial charge on any atom is -0.355 e. The summed E-state index contributed by atoms with van der Waals surface area (Å²) in [7, 11) is 0. The van der Waals surface area contributed by atoms with Crippen molar-refractivity contribution in [1.29, 1.82) is 0 Å². The normalized spacial score (nSPS) is 13.8. The Morgan fingerprint density at radius 1 is 0.761 bits per heavy atom. The molecular formula is C43H62N2O. The van der Waals surface area contributed by atoms with Crippen LogP contribution < -0.4 is 11.1 Å². The first-order valence-corrected chi connectivity index (χ1v) is 18.2. The fraction of sp³-hybridized carbons (Fsp3) is 0.558. The Morgan fingerprint density at radius 3 is 1.89 bits per heavy atom. The fourth-order valence-electron chi connectivity index (χ4n) is 7.56. The van der Waals surface area contributed by atoms with Crippen molar-refractivity contribution in [3.8, 4) is 11.1 Å². The molecule has 0 saturated heterocycles. The van der Waals surface area contributed by atoms with Gasteiger partial charge in [0.25, 0.3) is 0 Å². The summed E-state index contributed by atoms with van der Waals surface area (Å²) in [6.45, 7) is 19.9. The number of carbonyl (C=O) groups is 1. The zero-order chi connectivity index (χ0) is 33.5. The Hall–Kier alpha value is -2.91. The van der Waals surface area contributed by atoms with Crippen LogP contribution in [0.1, 0.15) is 146 Å². The van der Waals surface area contributed by atoms with Gasteiger partial charge in [-0.2, -0.15) is 0 Å². The number of nitrogens with two attached hydrogens (primary N) is 1. The van der Waals surface area contributed by atoms with Crippen molar-refractivity contribution in [1.82, 2.24) is 5.32 Å². The Bertz CT molecular complexity index is 1420. The molecule has 0 aliphatic heterocycles. The number of benzene rings is 3. The molecule has 1 amide bonds. The number of fused-ring (bicyclic) bond motifs is 3. The molecule has 0 saturated carbocycles. The molecule has 250 valence electrons. The Labute approximate surface area is 281 Å². The largest absolute Gasteiger partial charge is 0.355 e. The van der Waals surface area contributed by atoms with Gasteiger partial charge in [0.05, 0.1) is 0 Å². The minimum atomic E-state index is -0.130. The molecule has 1 aliphatic rings. The number of carbonyl (C=O) groups excluding carboxylic acids is 1. The van der Waals surface area contributed by atoms with Gasteiger partial charge in [-0.25, -0.2) is 0 Å². The molecule has 0 spiro atoms. The second-order valence-electron chi connectivity index (χ2n) is 15.7. The molecule has 0 fully saturated rings. The van der Waals surface area contributed by atoms with Crippen molar-refractivity contribution in [3.63, 3.8) is 0 Å². The van der Waals surface area contributed by atoms with Crippen molar-refractivity contribution in [2.24, 2.45) is 17.6 Å². The van der Waals surface area contributed by atoms with Crippen LogP contribution in [0.25, 0.3) is 11.1 Å². The highest BCUT2D eigenvalue weighted by molar-refractivity contribution is 5.82. The summed E-state index contributed by atoms with van der Waals surface area (Å²) in [5.41, 5.74) is 17.0. The van der Waals surface area contributed by atoms with Crippen molar-refractivity contribution < 1.29 is 4.79 Å². The third-order valence-corrected chi connectivity index (χ3v) is 10.6. The van der Waals surface area contributed by atoms with Gasteiger partial charge in [-0.15, -0.1) is 0 Å². The van der Waals surface area contributed by atoms with E-state index in [1.54, 1.807) is 11.1 Å². The third kappa shape index (κ3) is 8.32. The number of hydrogen-bond acceptors (Lipinski definition) is 2. The lowest BCUT2D eigenvalue weighted by Gasteiger charge is -2.35. The monoisotopic (exact) mass is 622 g/mol. The zero-order valence-electron chi connectivity index (χ0n) is 30.3. The summed E-state index contributed by atoms with van der Waals surface area (Å²) >= 11 is 0. The summed E-state index contributed by atoms with van der Waals surface area (Å²) in [5.74, 6) is 2.05. The van der Waals surface area contributed by atoms with Gasteiger partial charge in [-0.3, -0.25) is 4.79 Å². The summed E-state index contributed by atoms with van der Waals surface area (Å²) in [6.07, 6.45) is 9.79. The van der Waals surface area contributed by atoms with E-state index in [2.05, 4.69) is 121 Å². The molecule has 3 nitrogen and oxygen atoms in total. The predicted molar refractivity (Wildman–Crippen MR) is 198 cm³/mol.